The molecular weight excluding hydrogens is 216 g/mol. The van der Waals surface area contributed by atoms with Gasteiger partial charge in [0, 0.05) is 18.8 Å². The maximum absolute atomic E-state index is 11.7. The number of rotatable bonds is 2. The van der Waals surface area contributed by atoms with Crippen LogP contribution in [0.1, 0.15) is 12.1 Å². The molecule has 0 aliphatic carbocycles. The van der Waals surface area contributed by atoms with Gasteiger partial charge in [0.15, 0.2) is 0 Å². The number of imide groups is 1. The Morgan fingerprint density at radius 3 is 3.00 bits per heavy atom. The number of aromatic nitrogens is 1. The topological polar surface area (TPSA) is 50.3 Å². The lowest BCUT2D eigenvalue weighted by atomic mass is 10.2. The molecule has 4 nitrogen and oxygen atoms in total. The summed E-state index contributed by atoms with van der Waals surface area (Å²) >= 11 is 0. The van der Waals surface area contributed by atoms with E-state index in [2.05, 4.69) is 4.98 Å². The smallest absolute Gasteiger partial charge is 0.253 e. The van der Waals surface area contributed by atoms with Crippen molar-refractivity contribution in [2.75, 3.05) is 6.54 Å². The van der Waals surface area contributed by atoms with E-state index in [-0.39, 0.29) is 11.8 Å². The van der Waals surface area contributed by atoms with E-state index < -0.39 is 0 Å². The molecule has 4 heteroatoms. The first-order valence-corrected chi connectivity index (χ1v) is 5.38. The summed E-state index contributed by atoms with van der Waals surface area (Å²) in [6, 6.07) is 5.44. The third-order valence-electron chi connectivity index (χ3n) is 2.40. The number of carbonyl (C=O) groups excluding carboxylic acids is 2. The number of nitrogens with zero attached hydrogens (tertiary/aromatic N) is 2. The number of hydrogen-bond acceptors (Lipinski definition) is 3. The summed E-state index contributed by atoms with van der Waals surface area (Å²) in [6.45, 7) is 0.445. The highest BCUT2D eigenvalue weighted by Gasteiger charge is 2.18. The average molecular weight is 228 g/mol. The van der Waals surface area contributed by atoms with Gasteiger partial charge in [0.2, 0.25) is 0 Å². The highest BCUT2D eigenvalue weighted by molar-refractivity contribution is 6.06. The van der Waals surface area contributed by atoms with Gasteiger partial charge in [-0.05, 0) is 30.7 Å². The van der Waals surface area contributed by atoms with E-state index in [9.17, 15) is 9.59 Å². The van der Waals surface area contributed by atoms with E-state index in [0.717, 1.165) is 6.42 Å². The molecular formula is C13H12N2O2. The molecule has 1 aromatic rings. The normalized spacial score (nSPS) is 15.5. The molecule has 0 bridgehead atoms. The molecule has 1 aliphatic rings. The molecule has 0 unspecified atom stereocenters. The summed E-state index contributed by atoms with van der Waals surface area (Å²) in [5.41, 5.74) is 0.695. The molecule has 0 fully saturated rings. The standard InChI is InChI=1S/C13H12N2O2/c16-12-6-2-4-10-15(12)13(17)8-7-11-5-1-3-9-14-11/h1-3,5-9H,4,10H2. The van der Waals surface area contributed by atoms with E-state index in [1.165, 1.54) is 17.1 Å². The second-order valence-electron chi connectivity index (χ2n) is 3.61. The first-order chi connectivity index (χ1) is 8.27. The van der Waals surface area contributed by atoms with Crippen molar-refractivity contribution >= 4 is 17.9 Å². The Morgan fingerprint density at radius 2 is 2.29 bits per heavy atom. The molecule has 0 aromatic carbocycles. The van der Waals surface area contributed by atoms with Gasteiger partial charge in [-0.2, -0.15) is 0 Å². The van der Waals surface area contributed by atoms with Crippen molar-refractivity contribution in [3.63, 3.8) is 0 Å². The van der Waals surface area contributed by atoms with Crippen LogP contribution in [-0.2, 0) is 9.59 Å². The fraction of sp³-hybridized carbons (Fsp3) is 0.154. The lowest BCUT2D eigenvalue weighted by Crippen LogP contribution is -2.37. The molecule has 0 saturated heterocycles. The van der Waals surface area contributed by atoms with E-state index in [0.29, 0.717) is 12.2 Å². The Bertz CT molecular complexity index is 477. The monoisotopic (exact) mass is 228 g/mol. The predicted octanol–water partition coefficient (Wildman–Crippen LogP) is 1.41. The highest BCUT2D eigenvalue weighted by atomic mass is 16.2. The molecule has 1 aromatic heterocycles. The largest absolute Gasteiger partial charge is 0.275 e. The van der Waals surface area contributed by atoms with Gasteiger partial charge in [-0.3, -0.25) is 19.5 Å². The van der Waals surface area contributed by atoms with Gasteiger partial charge >= 0.3 is 0 Å². The zero-order chi connectivity index (χ0) is 12.1. The molecule has 17 heavy (non-hydrogen) atoms. The van der Waals surface area contributed by atoms with E-state index in [1.54, 1.807) is 30.5 Å². The van der Waals surface area contributed by atoms with Crippen molar-refractivity contribution in [1.29, 1.82) is 0 Å². The van der Waals surface area contributed by atoms with Gasteiger partial charge in [-0.1, -0.05) is 12.1 Å². The van der Waals surface area contributed by atoms with Crippen molar-refractivity contribution in [3.8, 4) is 0 Å². The molecule has 0 radical (unpaired) electrons. The quantitative estimate of drug-likeness (QED) is 0.719. The Balaban J connectivity index is 2.04. The Hall–Kier alpha value is -2.23. The van der Waals surface area contributed by atoms with Gasteiger partial charge < -0.3 is 0 Å². The Labute approximate surface area is 99.3 Å². The van der Waals surface area contributed by atoms with Gasteiger partial charge in [0.25, 0.3) is 11.8 Å². The van der Waals surface area contributed by atoms with Crippen LogP contribution in [-0.4, -0.2) is 28.2 Å². The minimum Gasteiger partial charge on any atom is -0.275 e. The van der Waals surface area contributed by atoms with Crippen LogP contribution in [0.2, 0.25) is 0 Å². The first kappa shape index (κ1) is 11.3. The van der Waals surface area contributed by atoms with Crippen molar-refractivity contribution in [3.05, 3.63) is 48.3 Å². The molecule has 0 saturated carbocycles. The van der Waals surface area contributed by atoms with Crippen LogP contribution in [0.4, 0.5) is 0 Å². The van der Waals surface area contributed by atoms with Crippen LogP contribution in [0.5, 0.6) is 0 Å². The van der Waals surface area contributed by atoms with Crippen LogP contribution in [0.25, 0.3) is 6.08 Å². The number of amides is 2. The molecule has 1 aliphatic heterocycles. The van der Waals surface area contributed by atoms with Crippen LogP contribution >= 0.6 is 0 Å². The lowest BCUT2D eigenvalue weighted by Gasteiger charge is -2.19. The first-order valence-electron chi connectivity index (χ1n) is 5.38. The molecule has 0 atom stereocenters. The Morgan fingerprint density at radius 1 is 1.41 bits per heavy atom. The molecule has 2 rings (SSSR count). The second-order valence-corrected chi connectivity index (χ2v) is 3.61. The summed E-state index contributed by atoms with van der Waals surface area (Å²) in [5, 5.41) is 0. The molecule has 2 heterocycles. The van der Waals surface area contributed by atoms with E-state index >= 15 is 0 Å². The third-order valence-corrected chi connectivity index (χ3v) is 2.40. The van der Waals surface area contributed by atoms with Gasteiger partial charge in [0.1, 0.15) is 0 Å². The fourth-order valence-electron chi connectivity index (χ4n) is 1.53. The average Bonchev–Trinajstić information content (AvgIpc) is 2.38. The molecule has 2 amide bonds. The van der Waals surface area contributed by atoms with Crippen LogP contribution < -0.4 is 0 Å². The minimum atomic E-state index is -0.301. The summed E-state index contributed by atoms with van der Waals surface area (Å²) in [6.07, 6.45) is 8.55. The zero-order valence-electron chi connectivity index (χ0n) is 9.24. The highest BCUT2D eigenvalue weighted by Crippen LogP contribution is 2.05. The molecule has 86 valence electrons. The van der Waals surface area contributed by atoms with E-state index in [1.807, 2.05) is 6.07 Å². The van der Waals surface area contributed by atoms with Gasteiger partial charge in [0.05, 0.1) is 5.69 Å². The van der Waals surface area contributed by atoms with Crippen molar-refractivity contribution in [2.45, 2.75) is 6.42 Å². The third kappa shape index (κ3) is 2.87. The predicted molar refractivity (Wildman–Crippen MR) is 63.7 cm³/mol. The minimum absolute atomic E-state index is 0.257. The maximum atomic E-state index is 11.7. The van der Waals surface area contributed by atoms with Crippen molar-refractivity contribution in [1.82, 2.24) is 9.88 Å². The zero-order valence-corrected chi connectivity index (χ0v) is 9.24. The van der Waals surface area contributed by atoms with Crippen LogP contribution in [0.15, 0.2) is 42.6 Å². The number of hydrogen-bond donors (Lipinski definition) is 0. The van der Waals surface area contributed by atoms with Crippen LogP contribution in [0, 0.1) is 0 Å². The summed E-state index contributed by atoms with van der Waals surface area (Å²) in [7, 11) is 0. The molecule has 0 N–H and O–H groups in total. The van der Waals surface area contributed by atoms with E-state index in [4.69, 9.17) is 0 Å². The Kier molecular flexibility index (Phi) is 3.45. The van der Waals surface area contributed by atoms with Gasteiger partial charge in [-0.15, -0.1) is 0 Å². The number of pyridine rings is 1. The number of carbonyl (C=O) groups is 2. The lowest BCUT2D eigenvalue weighted by molar-refractivity contribution is -0.139. The van der Waals surface area contributed by atoms with Gasteiger partial charge in [-0.25, -0.2) is 0 Å². The summed E-state index contributed by atoms with van der Waals surface area (Å²) in [5.74, 6) is -0.558. The maximum Gasteiger partial charge on any atom is 0.253 e. The van der Waals surface area contributed by atoms with Crippen molar-refractivity contribution in [2.24, 2.45) is 0 Å². The fourth-order valence-corrected chi connectivity index (χ4v) is 1.53. The molecule has 0 spiro atoms. The summed E-state index contributed by atoms with van der Waals surface area (Å²) < 4.78 is 0. The SMILES string of the molecule is O=C1C=CCCN1C(=O)C=Cc1ccccn1. The second kappa shape index (κ2) is 5.21. The van der Waals surface area contributed by atoms with Crippen molar-refractivity contribution < 1.29 is 9.59 Å². The van der Waals surface area contributed by atoms with Crippen LogP contribution in [0.3, 0.4) is 0 Å². The summed E-state index contributed by atoms with van der Waals surface area (Å²) in [4.78, 5) is 28.4.